The molecule has 0 radical (unpaired) electrons. The summed E-state index contributed by atoms with van der Waals surface area (Å²) >= 11 is 1.66. The molecular weight excluding hydrogens is 260 g/mol. The minimum absolute atomic E-state index is 0.314. The summed E-state index contributed by atoms with van der Waals surface area (Å²) in [5, 5.41) is 12.9. The zero-order chi connectivity index (χ0) is 14.1. The minimum atomic E-state index is -0.472. The number of aliphatic hydroxyl groups is 1. The van der Waals surface area contributed by atoms with Gasteiger partial charge in [-0.15, -0.1) is 0 Å². The van der Waals surface area contributed by atoms with Crippen LogP contribution >= 0.6 is 11.9 Å². The van der Waals surface area contributed by atoms with Crippen LogP contribution in [0.1, 0.15) is 13.3 Å². The summed E-state index contributed by atoms with van der Waals surface area (Å²) in [6.45, 7) is 3.91. The maximum atomic E-state index is 9.72. The van der Waals surface area contributed by atoms with Gasteiger partial charge in [-0.25, -0.2) is 0 Å². The van der Waals surface area contributed by atoms with Crippen molar-refractivity contribution in [3.05, 3.63) is 24.3 Å². The van der Waals surface area contributed by atoms with Crippen LogP contribution in [-0.2, 0) is 0 Å². The molecule has 0 saturated carbocycles. The van der Waals surface area contributed by atoms with Gasteiger partial charge in [-0.05, 0) is 37.2 Å². The quantitative estimate of drug-likeness (QED) is 0.537. The van der Waals surface area contributed by atoms with Gasteiger partial charge in [0, 0.05) is 25.5 Å². The van der Waals surface area contributed by atoms with Crippen molar-refractivity contribution >= 4 is 17.6 Å². The smallest absolute Gasteiger partial charge is 0.119 e. The Labute approximate surface area is 120 Å². The Hall–Kier alpha value is -0.910. The first kappa shape index (κ1) is 16.1. The molecule has 0 aliphatic carbocycles. The van der Waals surface area contributed by atoms with E-state index in [2.05, 4.69) is 16.5 Å². The second-order valence-corrected chi connectivity index (χ2v) is 5.26. The highest BCUT2D eigenvalue weighted by Gasteiger charge is 2.05. The molecule has 1 unspecified atom stereocenters. The Morgan fingerprint density at radius 1 is 1.37 bits per heavy atom. The average molecular weight is 284 g/mol. The number of aliphatic hydroxyl groups excluding tert-OH is 1. The number of nitrogens with one attached hydrogen (secondary N) is 1. The van der Waals surface area contributed by atoms with E-state index in [1.807, 2.05) is 37.6 Å². The summed E-state index contributed by atoms with van der Waals surface area (Å²) in [7, 11) is 2.02. The highest BCUT2D eigenvalue weighted by Crippen LogP contribution is 2.21. The van der Waals surface area contributed by atoms with E-state index in [-0.39, 0.29) is 0 Å². The van der Waals surface area contributed by atoms with Crippen LogP contribution in [0.5, 0.6) is 5.75 Å². The lowest BCUT2D eigenvalue weighted by Crippen LogP contribution is -2.31. The van der Waals surface area contributed by atoms with Gasteiger partial charge in [0.15, 0.2) is 0 Å². The normalized spacial score (nSPS) is 12.2. The van der Waals surface area contributed by atoms with Gasteiger partial charge >= 0.3 is 0 Å². The molecule has 0 aliphatic rings. The lowest BCUT2D eigenvalue weighted by Gasteiger charge is -2.16. The summed E-state index contributed by atoms with van der Waals surface area (Å²) in [5.41, 5.74) is 1.13. The first-order valence-corrected chi connectivity index (χ1v) is 7.75. The first-order chi connectivity index (χ1) is 9.17. The van der Waals surface area contributed by atoms with Crippen LogP contribution < -0.4 is 14.4 Å². The standard InChI is InChI=1S/C14H24N2O2S/c1-4-9-15-10-13(17)11-18-14-7-5-12(6-8-14)16(2)19-3/h5-8,13,15,17H,4,9-11H2,1-3H3. The number of hydrogen-bond donors (Lipinski definition) is 2. The van der Waals surface area contributed by atoms with Crippen molar-refractivity contribution < 1.29 is 9.84 Å². The Morgan fingerprint density at radius 2 is 2.05 bits per heavy atom. The van der Waals surface area contributed by atoms with E-state index in [4.69, 9.17) is 4.74 Å². The Morgan fingerprint density at radius 3 is 2.63 bits per heavy atom. The van der Waals surface area contributed by atoms with Gasteiger partial charge in [0.2, 0.25) is 0 Å². The third-order valence-electron chi connectivity index (χ3n) is 2.72. The van der Waals surface area contributed by atoms with Gasteiger partial charge in [-0.1, -0.05) is 18.9 Å². The SMILES string of the molecule is CCCNCC(O)COc1ccc(N(C)SC)cc1. The van der Waals surface area contributed by atoms with Crippen molar-refractivity contribution in [2.45, 2.75) is 19.4 Å². The molecule has 19 heavy (non-hydrogen) atoms. The van der Waals surface area contributed by atoms with Gasteiger partial charge in [-0.3, -0.25) is 0 Å². The fourth-order valence-electron chi connectivity index (χ4n) is 1.55. The van der Waals surface area contributed by atoms with E-state index in [9.17, 15) is 5.11 Å². The molecule has 2 N–H and O–H groups in total. The van der Waals surface area contributed by atoms with E-state index in [0.717, 1.165) is 24.4 Å². The molecule has 0 amide bonds. The number of benzene rings is 1. The van der Waals surface area contributed by atoms with E-state index in [1.54, 1.807) is 11.9 Å². The van der Waals surface area contributed by atoms with E-state index >= 15 is 0 Å². The summed E-state index contributed by atoms with van der Waals surface area (Å²) in [6, 6.07) is 7.86. The Balaban J connectivity index is 2.33. The Bertz CT molecular complexity index is 346. The highest BCUT2D eigenvalue weighted by molar-refractivity contribution is 7.99. The topological polar surface area (TPSA) is 44.7 Å². The fraction of sp³-hybridized carbons (Fsp3) is 0.571. The number of hydrogen-bond acceptors (Lipinski definition) is 5. The van der Waals surface area contributed by atoms with Crippen molar-refractivity contribution in [2.75, 3.05) is 37.3 Å². The molecule has 0 fully saturated rings. The molecule has 0 spiro atoms. The second kappa shape index (κ2) is 9.07. The van der Waals surface area contributed by atoms with E-state index in [0.29, 0.717) is 13.2 Å². The summed E-state index contributed by atoms with van der Waals surface area (Å²) in [4.78, 5) is 0. The third-order valence-corrected chi connectivity index (χ3v) is 3.48. The second-order valence-electron chi connectivity index (χ2n) is 4.34. The van der Waals surface area contributed by atoms with E-state index < -0.39 is 6.10 Å². The number of ether oxygens (including phenoxy) is 1. The van der Waals surface area contributed by atoms with Crippen LogP contribution in [0.25, 0.3) is 0 Å². The largest absolute Gasteiger partial charge is 0.491 e. The lowest BCUT2D eigenvalue weighted by atomic mass is 10.3. The predicted molar refractivity (Wildman–Crippen MR) is 83.0 cm³/mol. The highest BCUT2D eigenvalue weighted by atomic mass is 32.2. The predicted octanol–water partition coefficient (Wildman–Crippen LogP) is 2.14. The molecule has 5 heteroatoms. The van der Waals surface area contributed by atoms with Gasteiger partial charge in [-0.2, -0.15) is 0 Å². The molecule has 1 aromatic carbocycles. The van der Waals surface area contributed by atoms with Gasteiger partial charge in [0.1, 0.15) is 18.5 Å². The van der Waals surface area contributed by atoms with Crippen LogP contribution in [0.4, 0.5) is 5.69 Å². The molecule has 4 nitrogen and oxygen atoms in total. The molecule has 108 valence electrons. The fourth-order valence-corrected chi connectivity index (χ4v) is 1.89. The number of rotatable bonds is 9. The maximum Gasteiger partial charge on any atom is 0.119 e. The minimum Gasteiger partial charge on any atom is -0.491 e. The molecule has 1 aromatic rings. The van der Waals surface area contributed by atoms with Crippen molar-refractivity contribution in [1.29, 1.82) is 0 Å². The number of nitrogens with zero attached hydrogens (tertiary/aromatic N) is 1. The maximum absolute atomic E-state index is 9.72. The Kier molecular flexibility index (Phi) is 7.70. The van der Waals surface area contributed by atoms with Crippen LogP contribution in [0.2, 0.25) is 0 Å². The molecule has 1 rings (SSSR count). The summed E-state index contributed by atoms with van der Waals surface area (Å²) < 4.78 is 7.63. The van der Waals surface area contributed by atoms with Crippen LogP contribution in [0, 0.1) is 0 Å². The molecule has 0 heterocycles. The zero-order valence-electron chi connectivity index (χ0n) is 11.9. The molecule has 0 saturated heterocycles. The third kappa shape index (κ3) is 6.18. The first-order valence-electron chi connectivity index (χ1n) is 6.56. The average Bonchev–Trinajstić information content (AvgIpc) is 2.45. The monoisotopic (exact) mass is 284 g/mol. The van der Waals surface area contributed by atoms with E-state index in [1.165, 1.54) is 0 Å². The molecule has 0 aliphatic heterocycles. The zero-order valence-corrected chi connectivity index (χ0v) is 12.7. The van der Waals surface area contributed by atoms with Gasteiger partial charge < -0.3 is 19.5 Å². The van der Waals surface area contributed by atoms with Crippen LogP contribution in [-0.4, -0.2) is 44.2 Å². The van der Waals surface area contributed by atoms with Gasteiger partial charge in [0.25, 0.3) is 0 Å². The van der Waals surface area contributed by atoms with Crippen LogP contribution in [0.15, 0.2) is 24.3 Å². The summed E-state index contributed by atoms with van der Waals surface area (Å²) in [6.07, 6.45) is 2.63. The van der Waals surface area contributed by atoms with Crippen molar-refractivity contribution in [3.8, 4) is 5.75 Å². The lowest BCUT2D eigenvalue weighted by molar-refractivity contribution is 0.106. The van der Waals surface area contributed by atoms with Crippen molar-refractivity contribution in [2.24, 2.45) is 0 Å². The van der Waals surface area contributed by atoms with Gasteiger partial charge in [0.05, 0.1) is 0 Å². The van der Waals surface area contributed by atoms with Crippen LogP contribution in [0.3, 0.4) is 0 Å². The summed E-state index contributed by atoms with van der Waals surface area (Å²) in [5.74, 6) is 0.785. The van der Waals surface area contributed by atoms with Crippen molar-refractivity contribution in [1.82, 2.24) is 5.32 Å². The molecular formula is C14H24N2O2S. The molecule has 0 aromatic heterocycles. The molecule has 0 bridgehead atoms. The van der Waals surface area contributed by atoms with Crippen molar-refractivity contribution in [3.63, 3.8) is 0 Å². The molecule has 1 atom stereocenters. The number of anilines is 1.